The van der Waals surface area contributed by atoms with Gasteiger partial charge in [0.15, 0.2) is 0 Å². The van der Waals surface area contributed by atoms with Gasteiger partial charge in [0.25, 0.3) is 0 Å². The lowest BCUT2D eigenvalue weighted by molar-refractivity contribution is -0.384. The molecule has 2 aromatic rings. The van der Waals surface area contributed by atoms with E-state index in [4.69, 9.17) is 0 Å². The number of nitro groups is 1. The second kappa shape index (κ2) is 5.74. The first-order chi connectivity index (χ1) is 9.61. The van der Waals surface area contributed by atoms with E-state index in [9.17, 15) is 14.9 Å². The first-order valence-corrected chi connectivity index (χ1v) is 5.52. The highest BCUT2D eigenvalue weighted by Crippen LogP contribution is 2.23. The van der Waals surface area contributed by atoms with Gasteiger partial charge >= 0.3 is 11.7 Å². The molecule has 0 amide bonds. The number of pyridine rings is 2. The molecule has 2 rings (SSSR count). The van der Waals surface area contributed by atoms with Gasteiger partial charge in [-0.2, -0.15) is 0 Å². The topological polar surface area (TPSA) is 107 Å². The molecule has 2 heterocycles. The third kappa shape index (κ3) is 2.86. The van der Waals surface area contributed by atoms with Crippen LogP contribution < -0.4 is 5.32 Å². The maximum atomic E-state index is 11.2. The molecular formula is C12H10N4O4. The molecule has 0 aliphatic heterocycles. The summed E-state index contributed by atoms with van der Waals surface area (Å²) in [6.07, 6.45) is 2.74. The number of nitrogens with zero attached hydrogens (tertiary/aromatic N) is 3. The molecule has 0 atom stereocenters. The van der Waals surface area contributed by atoms with Crippen LogP contribution in [0.3, 0.4) is 0 Å². The smallest absolute Gasteiger partial charge is 0.339 e. The van der Waals surface area contributed by atoms with E-state index in [0.29, 0.717) is 5.82 Å². The van der Waals surface area contributed by atoms with Gasteiger partial charge in [-0.1, -0.05) is 0 Å². The molecule has 0 bridgehead atoms. The Morgan fingerprint density at radius 2 is 2.15 bits per heavy atom. The van der Waals surface area contributed by atoms with E-state index in [-0.39, 0.29) is 17.1 Å². The summed E-state index contributed by atoms with van der Waals surface area (Å²) in [6.45, 7) is 0. The number of anilines is 2. The predicted octanol–water partition coefficient (Wildman–Crippen LogP) is 1.91. The first kappa shape index (κ1) is 13.4. The summed E-state index contributed by atoms with van der Waals surface area (Å²) in [5.41, 5.74) is 0.125. The Kier molecular flexibility index (Phi) is 3.85. The summed E-state index contributed by atoms with van der Waals surface area (Å²) in [4.78, 5) is 29.4. The van der Waals surface area contributed by atoms with E-state index in [0.717, 1.165) is 0 Å². The molecule has 0 aliphatic carbocycles. The third-order valence-corrected chi connectivity index (χ3v) is 2.41. The molecule has 0 aliphatic rings. The number of hydrogen-bond acceptors (Lipinski definition) is 7. The summed E-state index contributed by atoms with van der Waals surface area (Å²) in [5, 5.41) is 13.6. The lowest BCUT2D eigenvalue weighted by Crippen LogP contribution is -2.04. The minimum absolute atomic E-state index is 0.0795. The Hall–Kier alpha value is -3.03. The number of esters is 1. The summed E-state index contributed by atoms with van der Waals surface area (Å²) in [6, 6.07) is 5.80. The molecule has 0 spiro atoms. The Bertz CT molecular complexity index is 642. The normalized spacial score (nSPS) is 9.85. The van der Waals surface area contributed by atoms with Crippen molar-refractivity contribution in [1.82, 2.24) is 9.97 Å². The fourth-order valence-corrected chi connectivity index (χ4v) is 1.47. The minimum Gasteiger partial charge on any atom is -0.465 e. The van der Waals surface area contributed by atoms with Gasteiger partial charge < -0.3 is 10.1 Å². The van der Waals surface area contributed by atoms with Gasteiger partial charge in [0.2, 0.25) is 5.82 Å². The van der Waals surface area contributed by atoms with Crippen LogP contribution in [0, 0.1) is 10.1 Å². The fraction of sp³-hybridized carbons (Fsp3) is 0.0833. The monoisotopic (exact) mass is 274 g/mol. The molecule has 8 heteroatoms. The molecule has 0 aromatic carbocycles. The minimum atomic E-state index is -0.544. The number of hydrogen-bond donors (Lipinski definition) is 1. The van der Waals surface area contributed by atoms with E-state index in [1.807, 2.05) is 0 Å². The van der Waals surface area contributed by atoms with Crippen LogP contribution in [0.4, 0.5) is 17.3 Å². The van der Waals surface area contributed by atoms with Crippen molar-refractivity contribution < 1.29 is 14.5 Å². The lowest BCUT2D eigenvalue weighted by atomic mass is 10.3. The molecule has 1 N–H and O–H groups in total. The standard InChI is InChI=1S/C12H10N4O4/c1-20-12(17)8-4-5-10(14-7-8)15-11-9(16(18)19)3-2-6-13-11/h2-7H,1H3,(H,13,14,15). The zero-order chi connectivity index (χ0) is 14.5. The van der Waals surface area contributed by atoms with Crippen molar-refractivity contribution in [2.75, 3.05) is 12.4 Å². The number of ether oxygens (including phenoxy) is 1. The molecule has 8 nitrogen and oxygen atoms in total. The average Bonchev–Trinajstić information content (AvgIpc) is 2.47. The number of carbonyl (C=O) groups excluding carboxylic acids is 1. The molecular weight excluding hydrogens is 264 g/mol. The van der Waals surface area contributed by atoms with E-state index < -0.39 is 10.9 Å². The van der Waals surface area contributed by atoms with E-state index in [2.05, 4.69) is 20.0 Å². The molecule has 0 radical (unpaired) electrons. The second-order valence-corrected chi connectivity index (χ2v) is 3.68. The van der Waals surface area contributed by atoms with Crippen molar-refractivity contribution in [1.29, 1.82) is 0 Å². The van der Waals surface area contributed by atoms with E-state index in [1.165, 1.54) is 43.8 Å². The zero-order valence-electron chi connectivity index (χ0n) is 10.4. The Morgan fingerprint density at radius 1 is 1.35 bits per heavy atom. The molecule has 0 saturated heterocycles. The molecule has 0 fully saturated rings. The fourth-order valence-electron chi connectivity index (χ4n) is 1.47. The summed E-state index contributed by atoms with van der Waals surface area (Å²) < 4.78 is 4.54. The van der Waals surface area contributed by atoms with Gasteiger partial charge in [0.05, 0.1) is 17.6 Å². The van der Waals surface area contributed by atoms with Gasteiger partial charge in [-0.05, 0) is 18.2 Å². The number of carbonyl (C=O) groups is 1. The zero-order valence-corrected chi connectivity index (χ0v) is 10.4. The van der Waals surface area contributed by atoms with Gasteiger partial charge in [-0.3, -0.25) is 10.1 Å². The highest BCUT2D eigenvalue weighted by molar-refractivity contribution is 5.89. The summed E-state index contributed by atoms with van der Waals surface area (Å²) in [5.74, 6) is -0.0943. The van der Waals surface area contributed by atoms with Gasteiger partial charge in [-0.25, -0.2) is 14.8 Å². The van der Waals surface area contributed by atoms with Crippen molar-refractivity contribution in [3.05, 3.63) is 52.3 Å². The summed E-state index contributed by atoms with van der Waals surface area (Å²) in [7, 11) is 1.27. The van der Waals surface area contributed by atoms with Gasteiger partial charge in [0.1, 0.15) is 5.82 Å². The Labute approximate surface area is 113 Å². The van der Waals surface area contributed by atoms with Gasteiger partial charge in [-0.15, -0.1) is 0 Å². The van der Waals surface area contributed by atoms with Crippen LogP contribution in [0.1, 0.15) is 10.4 Å². The number of nitrogens with one attached hydrogen (secondary N) is 1. The molecule has 0 saturated carbocycles. The van der Waals surface area contributed by atoms with E-state index >= 15 is 0 Å². The van der Waals surface area contributed by atoms with Crippen LogP contribution in [0.25, 0.3) is 0 Å². The highest BCUT2D eigenvalue weighted by Gasteiger charge is 2.14. The maximum Gasteiger partial charge on any atom is 0.339 e. The van der Waals surface area contributed by atoms with Crippen LogP contribution in [-0.2, 0) is 4.74 Å². The molecule has 102 valence electrons. The average molecular weight is 274 g/mol. The quantitative estimate of drug-likeness (QED) is 0.515. The largest absolute Gasteiger partial charge is 0.465 e. The third-order valence-electron chi connectivity index (χ3n) is 2.41. The van der Waals surface area contributed by atoms with Crippen LogP contribution in [0.15, 0.2) is 36.7 Å². The first-order valence-electron chi connectivity index (χ1n) is 5.52. The highest BCUT2D eigenvalue weighted by atomic mass is 16.6. The molecule has 20 heavy (non-hydrogen) atoms. The Balaban J connectivity index is 2.23. The van der Waals surface area contributed by atoms with Crippen molar-refractivity contribution in [2.24, 2.45) is 0 Å². The number of aromatic nitrogens is 2. The molecule has 2 aromatic heterocycles. The van der Waals surface area contributed by atoms with Crippen LogP contribution in [-0.4, -0.2) is 28.0 Å². The summed E-state index contributed by atoms with van der Waals surface area (Å²) >= 11 is 0. The van der Waals surface area contributed by atoms with Gasteiger partial charge in [0, 0.05) is 18.5 Å². The van der Waals surface area contributed by atoms with Crippen LogP contribution in [0.5, 0.6) is 0 Å². The van der Waals surface area contributed by atoms with Crippen molar-refractivity contribution in [3.8, 4) is 0 Å². The molecule has 0 unspecified atom stereocenters. The number of rotatable bonds is 4. The van der Waals surface area contributed by atoms with Crippen LogP contribution >= 0.6 is 0 Å². The Morgan fingerprint density at radius 3 is 2.75 bits per heavy atom. The number of methoxy groups -OCH3 is 1. The SMILES string of the molecule is COC(=O)c1ccc(Nc2ncccc2[N+](=O)[O-])nc1. The predicted molar refractivity (Wildman–Crippen MR) is 69.8 cm³/mol. The maximum absolute atomic E-state index is 11.2. The van der Waals surface area contributed by atoms with Crippen molar-refractivity contribution in [3.63, 3.8) is 0 Å². The van der Waals surface area contributed by atoms with Crippen molar-refractivity contribution in [2.45, 2.75) is 0 Å². The van der Waals surface area contributed by atoms with E-state index in [1.54, 1.807) is 0 Å². The van der Waals surface area contributed by atoms with Crippen molar-refractivity contribution >= 4 is 23.3 Å². The second-order valence-electron chi connectivity index (χ2n) is 3.68. The lowest BCUT2D eigenvalue weighted by Gasteiger charge is -2.05. The van der Waals surface area contributed by atoms with Crippen LogP contribution in [0.2, 0.25) is 0 Å².